The van der Waals surface area contributed by atoms with Gasteiger partial charge in [0.25, 0.3) is 0 Å². The summed E-state index contributed by atoms with van der Waals surface area (Å²) in [6.45, 7) is 9.64. The summed E-state index contributed by atoms with van der Waals surface area (Å²) in [6, 6.07) is 9.61. The zero-order chi connectivity index (χ0) is 18.5. The summed E-state index contributed by atoms with van der Waals surface area (Å²) in [5.41, 5.74) is -0.125. The van der Waals surface area contributed by atoms with Gasteiger partial charge in [-0.05, 0) is 31.4 Å². The number of amides is 1. The molecule has 134 valence electrons. The molecule has 0 radical (unpaired) electrons. The zero-order valence-corrected chi connectivity index (χ0v) is 15.6. The second-order valence-electron chi connectivity index (χ2n) is 7.84. The van der Waals surface area contributed by atoms with Crippen LogP contribution < -0.4 is 4.90 Å². The molecule has 1 aliphatic carbocycles. The first-order valence-corrected chi connectivity index (χ1v) is 9.02. The van der Waals surface area contributed by atoms with Crippen molar-refractivity contribution < 1.29 is 9.59 Å². The second-order valence-corrected chi connectivity index (χ2v) is 7.84. The predicted molar refractivity (Wildman–Crippen MR) is 103 cm³/mol. The molecule has 0 heterocycles. The number of hydrogen-bond donors (Lipinski definition) is 0. The van der Waals surface area contributed by atoms with Gasteiger partial charge in [-0.15, -0.1) is 6.58 Å². The van der Waals surface area contributed by atoms with Crippen LogP contribution >= 0.6 is 0 Å². The first-order valence-electron chi connectivity index (χ1n) is 9.02. The second kappa shape index (κ2) is 7.81. The fourth-order valence-electron chi connectivity index (χ4n) is 3.22. The lowest BCUT2D eigenvalue weighted by atomic mass is 9.71. The van der Waals surface area contributed by atoms with E-state index in [0.717, 1.165) is 24.9 Å². The minimum atomic E-state index is -0.489. The molecule has 0 unspecified atom stereocenters. The number of nitrogens with zero attached hydrogens (tertiary/aromatic N) is 1. The minimum absolute atomic E-state index is 0.0255. The third kappa shape index (κ3) is 4.47. The Labute approximate surface area is 151 Å². The van der Waals surface area contributed by atoms with Crippen molar-refractivity contribution in [2.45, 2.75) is 52.9 Å². The summed E-state index contributed by atoms with van der Waals surface area (Å²) in [5.74, 6) is 0.296. The van der Waals surface area contributed by atoms with E-state index in [1.54, 1.807) is 11.0 Å². The molecule has 1 atom stereocenters. The van der Waals surface area contributed by atoms with E-state index in [0.29, 0.717) is 12.8 Å². The quantitative estimate of drug-likeness (QED) is 0.684. The van der Waals surface area contributed by atoms with E-state index in [2.05, 4.69) is 6.58 Å². The topological polar surface area (TPSA) is 37.4 Å². The number of anilines is 1. The van der Waals surface area contributed by atoms with Crippen molar-refractivity contribution in [1.82, 2.24) is 0 Å². The molecule has 0 aliphatic heterocycles. The van der Waals surface area contributed by atoms with E-state index >= 15 is 0 Å². The molecular formula is C22H29NO2. The first kappa shape index (κ1) is 19.2. The number of carbonyl (C=O) groups excluding carboxylic acids is 2. The molecular weight excluding hydrogens is 310 g/mol. The minimum Gasteiger partial charge on any atom is -0.299 e. The molecule has 1 saturated carbocycles. The molecule has 1 fully saturated rings. The Hall–Kier alpha value is -2.16. The number of para-hydroxylation sites is 1. The molecule has 1 aromatic rings. The number of carbonyl (C=O) groups is 2. The maximum Gasteiger partial charge on any atom is 0.236 e. The predicted octanol–water partition coefficient (Wildman–Crippen LogP) is 5.29. The Morgan fingerprint density at radius 3 is 2.48 bits per heavy atom. The standard InChI is InChI=1S/C22H29NO2/c1-5-22(15-10-9-14-19(22)24)16-11-17-23(20(25)21(2,3)4)18-12-7-6-8-13-18/h5-8,11-13,17H,1,9-10,14-16H2,2-4H3/b17-11+/t22-/m0/s1. The van der Waals surface area contributed by atoms with Crippen LogP contribution in [0.5, 0.6) is 0 Å². The summed E-state index contributed by atoms with van der Waals surface area (Å²) in [4.78, 5) is 26.9. The van der Waals surface area contributed by atoms with E-state index < -0.39 is 10.8 Å². The lowest BCUT2D eigenvalue weighted by molar-refractivity contribution is -0.128. The van der Waals surface area contributed by atoms with Crippen molar-refractivity contribution in [1.29, 1.82) is 0 Å². The van der Waals surface area contributed by atoms with Crippen molar-refractivity contribution in [3.05, 3.63) is 55.3 Å². The van der Waals surface area contributed by atoms with Crippen molar-refractivity contribution in [2.75, 3.05) is 4.90 Å². The normalized spacial score (nSPS) is 21.3. The van der Waals surface area contributed by atoms with Crippen molar-refractivity contribution >= 4 is 17.4 Å². The van der Waals surface area contributed by atoms with Crippen LogP contribution in [0.25, 0.3) is 0 Å². The highest BCUT2D eigenvalue weighted by Crippen LogP contribution is 2.38. The van der Waals surface area contributed by atoms with Gasteiger partial charge in [0.15, 0.2) is 0 Å². The number of rotatable bonds is 5. The maximum atomic E-state index is 12.8. The van der Waals surface area contributed by atoms with Gasteiger partial charge in [0.05, 0.1) is 5.41 Å². The number of ketones is 1. The van der Waals surface area contributed by atoms with Crippen LogP contribution in [0.4, 0.5) is 5.69 Å². The molecule has 1 amide bonds. The van der Waals surface area contributed by atoms with Crippen molar-refractivity contribution in [3.8, 4) is 0 Å². The fraction of sp³-hybridized carbons (Fsp3) is 0.455. The highest BCUT2D eigenvalue weighted by atomic mass is 16.2. The Bertz CT molecular complexity index is 654. The Morgan fingerprint density at radius 1 is 1.24 bits per heavy atom. The average molecular weight is 339 g/mol. The molecule has 25 heavy (non-hydrogen) atoms. The van der Waals surface area contributed by atoms with Gasteiger partial charge in [-0.2, -0.15) is 0 Å². The van der Waals surface area contributed by atoms with Crippen LogP contribution in [0.2, 0.25) is 0 Å². The number of Topliss-reactive ketones (excluding diaryl/α,β-unsaturated/α-hetero) is 1. The highest BCUT2D eigenvalue weighted by molar-refractivity contribution is 5.98. The molecule has 1 aromatic carbocycles. The van der Waals surface area contributed by atoms with Gasteiger partial charge in [-0.3, -0.25) is 14.5 Å². The third-order valence-electron chi connectivity index (χ3n) is 4.85. The van der Waals surface area contributed by atoms with E-state index in [-0.39, 0.29) is 11.7 Å². The molecule has 0 bridgehead atoms. The summed E-state index contributed by atoms with van der Waals surface area (Å²) in [7, 11) is 0. The van der Waals surface area contributed by atoms with Gasteiger partial charge in [-0.1, -0.05) is 57.5 Å². The Morgan fingerprint density at radius 2 is 1.92 bits per heavy atom. The molecule has 2 rings (SSSR count). The smallest absolute Gasteiger partial charge is 0.236 e. The van der Waals surface area contributed by atoms with Gasteiger partial charge in [0.1, 0.15) is 5.78 Å². The van der Waals surface area contributed by atoms with Crippen LogP contribution in [-0.2, 0) is 9.59 Å². The van der Waals surface area contributed by atoms with E-state index in [1.165, 1.54) is 0 Å². The molecule has 0 N–H and O–H groups in total. The maximum absolute atomic E-state index is 12.8. The summed E-state index contributed by atoms with van der Waals surface area (Å²) >= 11 is 0. The molecule has 0 saturated heterocycles. The molecule has 3 nitrogen and oxygen atoms in total. The zero-order valence-electron chi connectivity index (χ0n) is 15.6. The van der Waals surface area contributed by atoms with Crippen LogP contribution in [-0.4, -0.2) is 11.7 Å². The van der Waals surface area contributed by atoms with E-state index in [4.69, 9.17) is 0 Å². The number of benzene rings is 1. The van der Waals surface area contributed by atoms with Crippen LogP contribution in [0.3, 0.4) is 0 Å². The largest absolute Gasteiger partial charge is 0.299 e. The fourth-order valence-corrected chi connectivity index (χ4v) is 3.22. The summed E-state index contributed by atoms with van der Waals surface area (Å²) < 4.78 is 0. The number of allylic oxidation sites excluding steroid dienone is 2. The lowest BCUT2D eigenvalue weighted by Gasteiger charge is -2.32. The average Bonchev–Trinajstić information content (AvgIpc) is 2.60. The van der Waals surface area contributed by atoms with Gasteiger partial charge in [0.2, 0.25) is 5.91 Å². The van der Waals surface area contributed by atoms with Gasteiger partial charge in [0, 0.05) is 23.7 Å². The van der Waals surface area contributed by atoms with Gasteiger partial charge in [-0.25, -0.2) is 0 Å². The van der Waals surface area contributed by atoms with Crippen LogP contribution in [0.1, 0.15) is 52.9 Å². The molecule has 1 aliphatic rings. The third-order valence-corrected chi connectivity index (χ3v) is 4.85. The van der Waals surface area contributed by atoms with Crippen LogP contribution in [0, 0.1) is 10.8 Å². The Kier molecular flexibility index (Phi) is 5.99. The molecule has 3 heteroatoms. The highest BCUT2D eigenvalue weighted by Gasteiger charge is 2.36. The molecule has 0 spiro atoms. The summed E-state index contributed by atoms with van der Waals surface area (Å²) in [5, 5.41) is 0. The lowest BCUT2D eigenvalue weighted by Crippen LogP contribution is -2.36. The van der Waals surface area contributed by atoms with E-state index in [9.17, 15) is 9.59 Å². The number of hydrogen-bond acceptors (Lipinski definition) is 2. The van der Waals surface area contributed by atoms with Crippen molar-refractivity contribution in [2.24, 2.45) is 10.8 Å². The monoisotopic (exact) mass is 339 g/mol. The van der Waals surface area contributed by atoms with Crippen molar-refractivity contribution in [3.63, 3.8) is 0 Å². The SMILES string of the molecule is C=C[C@@]1(C/C=C/N(C(=O)C(C)(C)C)c2ccccc2)CCCCC1=O. The first-order chi connectivity index (χ1) is 11.8. The molecule has 0 aromatic heterocycles. The van der Waals surface area contributed by atoms with E-state index in [1.807, 2.05) is 63.4 Å². The van der Waals surface area contributed by atoms with Gasteiger partial charge < -0.3 is 0 Å². The van der Waals surface area contributed by atoms with Crippen LogP contribution in [0.15, 0.2) is 55.3 Å². The summed E-state index contributed by atoms with van der Waals surface area (Å²) in [6.07, 6.45) is 9.65. The Balaban J connectivity index is 2.24. The van der Waals surface area contributed by atoms with Gasteiger partial charge >= 0.3 is 0 Å².